The number of nitrogens with one attached hydrogen (secondary N) is 2. The van der Waals surface area contributed by atoms with E-state index in [1.54, 1.807) is 25.3 Å². The Morgan fingerprint density at radius 1 is 1.11 bits per heavy atom. The molecule has 8 heteroatoms. The maximum atomic E-state index is 12.9. The zero-order valence-corrected chi connectivity index (χ0v) is 21.3. The molecule has 0 radical (unpaired) electrons. The molecule has 3 aromatic carbocycles. The Morgan fingerprint density at radius 3 is 2.56 bits per heavy atom. The molecule has 4 aromatic rings. The number of benzene rings is 3. The Kier molecular flexibility index (Phi) is 8.13. The molecule has 1 heterocycles. The van der Waals surface area contributed by atoms with Crippen LogP contribution in [-0.2, 0) is 6.42 Å². The van der Waals surface area contributed by atoms with Gasteiger partial charge in [0.1, 0.15) is 17.3 Å². The van der Waals surface area contributed by atoms with E-state index >= 15 is 0 Å². The van der Waals surface area contributed by atoms with Crippen LogP contribution in [0.3, 0.4) is 0 Å². The Balaban J connectivity index is 1.44. The van der Waals surface area contributed by atoms with Crippen molar-refractivity contribution >= 4 is 28.5 Å². The summed E-state index contributed by atoms with van der Waals surface area (Å²) in [5.74, 6) is 1.83. The van der Waals surface area contributed by atoms with Gasteiger partial charge < -0.3 is 24.9 Å². The van der Waals surface area contributed by atoms with Crippen molar-refractivity contribution in [3.05, 3.63) is 76.8 Å². The van der Waals surface area contributed by atoms with Gasteiger partial charge in [-0.3, -0.25) is 4.79 Å². The summed E-state index contributed by atoms with van der Waals surface area (Å²) in [5, 5.41) is 13.0. The van der Waals surface area contributed by atoms with Gasteiger partial charge in [0, 0.05) is 29.8 Å². The molecule has 0 fully saturated rings. The van der Waals surface area contributed by atoms with Gasteiger partial charge in [-0.15, -0.1) is 0 Å². The fraction of sp³-hybridized carbons (Fsp3) is 0.286. The van der Waals surface area contributed by atoms with Gasteiger partial charge in [0.2, 0.25) is 0 Å². The average molecular weight is 508 g/mol. The van der Waals surface area contributed by atoms with Gasteiger partial charge in [-0.05, 0) is 62.6 Å². The normalized spacial score (nSPS) is 12.1. The van der Waals surface area contributed by atoms with E-state index in [9.17, 15) is 9.90 Å². The van der Waals surface area contributed by atoms with Gasteiger partial charge in [-0.1, -0.05) is 35.9 Å². The van der Waals surface area contributed by atoms with Gasteiger partial charge in [-0.2, -0.15) is 0 Å². The number of aliphatic hydroxyl groups excluding tert-OH is 1. The van der Waals surface area contributed by atoms with E-state index in [4.69, 9.17) is 21.1 Å². The molecule has 0 aliphatic heterocycles. The first-order valence-corrected chi connectivity index (χ1v) is 12.2. The minimum absolute atomic E-state index is 0.0159. The quantitative estimate of drug-likeness (QED) is 0.267. The van der Waals surface area contributed by atoms with E-state index in [-0.39, 0.29) is 24.7 Å². The molecular weight excluding hydrogens is 478 g/mol. The van der Waals surface area contributed by atoms with Crippen LogP contribution in [-0.4, -0.2) is 46.8 Å². The van der Waals surface area contributed by atoms with Gasteiger partial charge in [0.05, 0.1) is 29.3 Å². The Morgan fingerprint density at radius 2 is 1.89 bits per heavy atom. The zero-order valence-electron chi connectivity index (χ0n) is 20.5. The van der Waals surface area contributed by atoms with Crippen molar-refractivity contribution in [1.82, 2.24) is 15.3 Å². The predicted molar refractivity (Wildman–Crippen MR) is 142 cm³/mol. The third kappa shape index (κ3) is 6.17. The average Bonchev–Trinajstić information content (AvgIpc) is 3.29. The topological polar surface area (TPSA) is 96.5 Å². The predicted octanol–water partition coefficient (Wildman–Crippen LogP) is 5.40. The SMILES string of the molecule is COc1ccc2nc(-c3ccc(C[C@@H](CCO)NC(=O)c4ccc(OC(C)C)c(Cl)c4)cc3)[nH]c2c1. The number of ether oxygens (including phenoxy) is 2. The number of fused-ring (bicyclic) bond motifs is 1. The third-order valence-corrected chi connectivity index (χ3v) is 6.06. The summed E-state index contributed by atoms with van der Waals surface area (Å²) >= 11 is 6.29. The van der Waals surface area contributed by atoms with Gasteiger partial charge in [0.15, 0.2) is 0 Å². The molecular formula is C28H30ClN3O4. The lowest BCUT2D eigenvalue weighted by molar-refractivity contribution is 0.0930. The first kappa shape index (κ1) is 25.5. The third-order valence-electron chi connectivity index (χ3n) is 5.77. The first-order valence-electron chi connectivity index (χ1n) is 11.9. The molecule has 0 unspecified atom stereocenters. The Labute approximate surface area is 215 Å². The second-order valence-corrected chi connectivity index (χ2v) is 9.27. The second-order valence-electron chi connectivity index (χ2n) is 8.86. The van der Waals surface area contributed by atoms with Crippen LogP contribution < -0.4 is 14.8 Å². The number of aromatic amines is 1. The lowest BCUT2D eigenvalue weighted by Crippen LogP contribution is -2.37. The van der Waals surface area contributed by atoms with Crippen molar-refractivity contribution in [1.29, 1.82) is 0 Å². The molecule has 0 aliphatic carbocycles. The van der Waals surface area contributed by atoms with Crippen LogP contribution in [0.1, 0.15) is 36.2 Å². The summed E-state index contributed by atoms with van der Waals surface area (Å²) in [5.41, 5.74) is 4.20. The van der Waals surface area contributed by atoms with Gasteiger partial charge in [0.25, 0.3) is 5.91 Å². The number of hydrogen-bond acceptors (Lipinski definition) is 5. The summed E-state index contributed by atoms with van der Waals surface area (Å²) in [4.78, 5) is 20.9. The van der Waals surface area contributed by atoms with Crippen molar-refractivity contribution in [3.63, 3.8) is 0 Å². The molecule has 0 saturated heterocycles. The maximum absolute atomic E-state index is 12.9. The monoisotopic (exact) mass is 507 g/mol. The number of halogens is 1. The molecule has 1 aromatic heterocycles. The van der Waals surface area contributed by atoms with Crippen LogP contribution in [0.4, 0.5) is 0 Å². The number of aliphatic hydroxyl groups is 1. The molecule has 0 bridgehead atoms. The van der Waals surface area contributed by atoms with E-state index in [2.05, 4.69) is 15.3 Å². The molecule has 7 nitrogen and oxygen atoms in total. The largest absolute Gasteiger partial charge is 0.497 e. The number of methoxy groups -OCH3 is 1. The highest BCUT2D eigenvalue weighted by molar-refractivity contribution is 6.32. The van der Waals surface area contributed by atoms with Gasteiger partial charge in [-0.25, -0.2) is 4.98 Å². The summed E-state index contributed by atoms with van der Waals surface area (Å²) < 4.78 is 10.9. The van der Waals surface area contributed by atoms with E-state index in [0.29, 0.717) is 29.2 Å². The fourth-order valence-corrected chi connectivity index (χ4v) is 4.20. The second kappa shape index (κ2) is 11.5. The number of imidazole rings is 1. The number of hydrogen-bond donors (Lipinski definition) is 3. The summed E-state index contributed by atoms with van der Waals surface area (Å²) in [6.45, 7) is 3.79. The molecule has 0 spiro atoms. The van der Waals surface area contributed by atoms with Crippen LogP contribution >= 0.6 is 11.6 Å². The van der Waals surface area contributed by atoms with Crippen molar-refractivity contribution in [2.24, 2.45) is 0 Å². The molecule has 4 rings (SSSR count). The Hall–Kier alpha value is -3.55. The Bertz CT molecular complexity index is 1330. The lowest BCUT2D eigenvalue weighted by Gasteiger charge is -2.19. The molecule has 36 heavy (non-hydrogen) atoms. The number of carbonyl (C=O) groups is 1. The number of H-pyrrole nitrogens is 1. The molecule has 1 atom stereocenters. The lowest BCUT2D eigenvalue weighted by atomic mass is 10.0. The number of rotatable bonds is 10. The number of amides is 1. The van der Waals surface area contributed by atoms with E-state index in [1.165, 1.54) is 0 Å². The van der Waals surface area contributed by atoms with Crippen LogP contribution in [0.25, 0.3) is 22.4 Å². The van der Waals surface area contributed by atoms with Crippen molar-refractivity contribution in [2.45, 2.75) is 38.8 Å². The fourth-order valence-electron chi connectivity index (χ4n) is 3.98. The van der Waals surface area contributed by atoms with Crippen molar-refractivity contribution in [2.75, 3.05) is 13.7 Å². The van der Waals surface area contributed by atoms with Crippen molar-refractivity contribution < 1.29 is 19.4 Å². The van der Waals surface area contributed by atoms with Crippen LogP contribution in [0.2, 0.25) is 5.02 Å². The van der Waals surface area contributed by atoms with E-state index < -0.39 is 0 Å². The van der Waals surface area contributed by atoms with Gasteiger partial charge >= 0.3 is 0 Å². The summed E-state index contributed by atoms with van der Waals surface area (Å²) in [6.07, 6.45) is 0.991. The first-order chi connectivity index (χ1) is 17.4. The molecule has 0 aliphatic rings. The highest BCUT2D eigenvalue weighted by atomic mass is 35.5. The smallest absolute Gasteiger partial charge is 0.251 e. The standard InChI is InChI=1S/C28H30ClN3O4/c1-17(2)36-26-11-8-20(15-23(26)29)28(34)30-21(12-13-33)14-18-4-6-19(7-5-18)27-31-24-10-9-22(35-3)16-25(24)32-27/h4-11,15-17,21,33H,12-14H2,1-3H3,(H,30,34)(H,31,32)/t21-/m1/s1. The van der Waals surface area contributed by atoms with Crippen LogP contribution in [0, 0.1) is 0 Å². The maximum Gasteiger partial charge on any atom is 0.251 e. The van der Waals surface area contributed by atoms with E-state index in [1.807, 2.05) is 56.3 Å². The molecule has 188 valence electrons. The number of nitrogens with zero attached hydrogens (tertiary/aromatic N) is 1. The minimum atomic E-state index is -0.249. The summed E-state index contributed by atoms with van der Waals surface area (Å²) in [7, 11) is 1.64. The summed E-state index contributed by atoms with van der Waals surface area (Å²) in [6, 6.07) is 18.5. The number of aromatic nitrogens is 2. The highest BCUT2D eigenvalue weighted by Crippen LogP contribution is 2.27. The number of carbonyl (C=O) groups excluding carboxylic acids is 1. The van der Waals surface area contributed by atoms with E-state index in [0.717, 1.165) is 33.7 Å². The molecule has 0 saturated carbocycles. The van der Waals surface area contributed by atoms with Crippen LogP contribution in [0.15, 0.2) is 60.7 Å². The zero-order chi connectivity index (χ0) is 25.7. The minimum Gasteiger partial charge on any atom is -0.497 e. The molecule has 3 N–H and O–H groups in total. The molecule has 1 amide bonds. The van der Waals surface area contributed by atoms with Crippen molar-refractivity contribution in [3.8, 4) is 22.9 Å². The van der Waals surface area contributed by atoms with Crippen LogP contribution in [0.5, 0.6) is 11.5 Å². The highest BCUT2D eigenvalue weighted by Gasteiger charge is 2.16.